The van der Waals surface area contributed by atoms with Crippen molar-refractivity contribution in [3.05, 3.63) is 108 Å². The lowest BCUT2D eigenvalue weighted by Crippen LogP contribution is -2.17. The highest BCUT2D eigenvalue weighted by Gasteiger charge is 2.24. The molecular formula is C47H52ClN15O6. The van der Waals surface area contributed by atoms with Crippen LogP contribution in [0.15, 0.2) is 94.8 Å². The molecule has 3 fully saturated rings. The van der Waals surface area contributed by atoms with Crippen LogP contribution < -0.4 is 42.4 Å². The van der Waals surface area contributed by atoms with Gasteiger partial charge >= 0.3 is 0 Å². The van der Waals surface area contributed by atoms with E-state index in [4.69, 9.17) is 40.8 Å². The van der Waals surface area contributed by atoms with Crippen LogP contribution >= 0.6 is 11.6 Å². The van der Waals surface area contributed by atoms with E-state index in [2.05, 4.69) is 71.8 Å². The molecule has 4 aliphatic rings. The standard InChI is InChI=1S/C15H17N5O2.C15H15N5O.C8H10ClN3.C7H6N2O.C2H4O2/c1-8-7-16-14(20-13(8)17-9-2-3-9)18-10-4-5-11-12(6-10)22-15(21)19-11;1-9-7-16-15(20-14(9)18-10-2-3-10)19-11-4-5-12-13(6-11)21-8-17-12;1-5-4-10-8(9)12-7(5)11-6-2-3-6;8-5-1-2-6-7(3-5)10-4-9-6;1-2(3)4/h4-7,9,15,19,21H,2-3H2,1H3,(H2,16,17,18,20);4-8,10H,2-3H2,1H3,(H2,16,18,19,20);4,6H,2-3H2,1H3,(H,10,11,12);1-4H,8H2;1H3,(H,3,4). The van der Waals surface area contributed by atoms with Crippen molar-refractivity contribution in [2.24, 2.45) is 0 Å². The molecule has 3 aromatic carbocycles. The van der Waals surface area contributed by atoms with Gasteiger partial charge in [0, 0.05) is 95.6 Å². The Morgan fingerprint density at radius 3 is 1.67 bits per heavy atom. The highest BCUT2D eigenvalue weighted by molar-refractivity contribution is 6.28. The molecule has 21 nitrogen and oxygen atoms in total. The number of nitrogens with two attached hydrogens (primary N) is 1. The molecule has 0 spiro atoms. The van der Waals surface area contributed by atoms with Crippen LogP contribution in [0.5, 0.6) is 5.75 Å². The Balaban J connectivity index is 0.000000126. The largest absolute Gasteiger partial charge is 0.481 e. The van der Waals surface area contributed by atoms with Crippen LogP contribution in [0.2, 0.25) is 5.28 Å². The van der Waals surface area contributed by atoms with Gasteiger partial charge in [0.05, 0.1) is 5.69 Å². The minimum atomic E-state index is -0.991. The van der Waals surface area contributed by atoms with Crippen molar-refractivity contribution in [1.29, 1.82) is 0 Å². The number of carboxylic acid groups (broad SMARTS) is 1. The molecule has 1 unspecified atom stereocenters. The monoisotopic (exact) mass is 957 g/mol. The second kappa shape index (κ2) is 21.7. The number of rotatable bonds is 10. The van der Waals surface area contributed by atoms with Crippen molar-refractivity contribution in [2.75, 3.05) is 37.6 Å². The Morgan fingerprint density at radius 1 is 0.667 bits per heavy atom. The van der Waals surface area contributed by atoms with Gasteiger partial charge in [-0.3, -0.25) is 4.79 Å². The summed E-state index contributed by atoms with van der Waals surface area (Å²) in [6, 6.07) is 18.3. The number of hydrogen-bond donors (Lipinski definition) is 9. The van der Waals surface area contributed by atoms with Crippen molar-refractivity contribution >= 4 is 91.9 Å². The number of anilines is 9. The predicted molar refractivity (Wildman–Crippen MR) is 264 cm³/mol. The Labute approximate surface area is 401 Å². The first-order valence-electron chi connectivity index (χ1n) is 22.2. The number of aliphatic hydroxyl groups excluding tert-OH is 1. The van der Waals surface area contributed by atoms with E-state index in [9.17, 15) is 5.11 Å². The molecule has 0 radical (unpaired) electrons. The summed E-state index contributed by atoms with van der Waals surface area (Å²) in [7, 11) is 0. The molecule has 69 heavy (non-hydrogen) atoms. The summed E-state index contributed by atoms with van der Waals surface area (Å²) in [5, 5.41) is 36.4. The highest BCUT2D eigenvalue weighted by atomic mass is 35.5. The first-order chi connectivity index (χ1) is 33.3. The number of hydrogen-bond acceptors (Lipinski definition) is 20. The van der Waals surface area contributed by atoms with E-state index in [0.717, 1.165) is 80.3 Å². The fraction of sp³-hybridized carbons (Fsp3) is 0.298. The van der Waals surface area contributed by atoms with Crippen LogP contribution in [0, 0.1) is 20.8 Å². The van der Waals surface area contributed by atoms with Gasteiger partial charge in [-0.15, -0.1) is 0 Å². The van der Waals surface area contributed by atoms with Gasteiger partial charge in [-0.25, -0.2) is 29.9 Å². The second-order valence-electron chi connectivity index (χ2n) is 16.6. The fourth-order valence-electron chi connectivity index (χ4n) is 6.29. The van der Waals surface area contributed by atoms with E-state index in [1.165, 1.54) is 51.3 Å². The van der Waals surface area contributed by atoms with E-state index < -0.39 is 12.4 Å². The molecule has 0 amide bonds. The number of nitrogen functional groups attached to an aromatic ring is 1. The SMILES string of the molecule is CC(=O)O.Cc1cnc(Cl)nc1NC1CC1.Cc1cnc(Nc2ccc3c(c2)OC(O)N3)nc1NC1CC1.Cc1cnc(Nc2ccc3ncoc3c2)nc1NC1CC1.Nc1ccc2ncoc2c1. The summed E-state index contributed by atoms with van der Waals surface area (Å²) in [5.41, 5.74) is 14.9. The molecule has 3 aliphatic carbocycles. The quantitative estimate of drug-likeness (QED) is 0.0456. The zero-order chi connectivity index (χ0) is 48.4. The zero-order valence-electron chi connectivity index (χ0n) is 38.2. The molecule has 10 N–H and O–H groups in total. The molecule has 0 saturated heterocycles. The maximum Gasteiger partial charge on any atom is 0.300 e. The number of aromatic nitrogens is 8. The van der Waals surface area contributed by atoms with Crippen LogP contribution in [0.4, 0.5) is 52.1 Å². The molecule has 0 bridgehead atoms. The summed E-state index contributed by atoms with van der Waals surface area (Å²) < 4.78 is 15.5. The van der Waals surface area contributed by atoms with Gasteiger partial charge in [-0.05, 0) is 107 Å². The second-order valence-corrected chi connectivity index (χ2v) is 16.9. The van der Waals surface area contributed by atoms with E-state index in [-0.39, 0.29) is 0 Å². The van der Waals surface area contributed by atoms with Crippen LogP contribution in [0.25, 0.3) is 22.2 Å². The maximum atomic E-state index is 9.40. The van der Waals surface area contributed by atoms with E-state index >= 15 is 0 Å². The third kappa shape index (κ3) is 14.2. The van der Waals surface area contributed by atoms with E-state index in [1.54, 1.807) is 30.6 Å². The number of aryl methyl sites for hydroxylation is 3. The lowest BCUT2D eigenvalue weighted by molar-refractivity contribution is -0.134. The summed E-state index contributed by atoms with van der Waals surface area (Å²) in [6.07, 6.45) is 14.5. The van der Waals surface area contributed by atoms with E-state index in [0.29, 0.717) is 46.7 Å². The number of ether oxygens (including phenoxy) is 1. The lowest BCUT2D eigenvalue weighted by atomic mass is 10.2. The van der Waals surface area contributed by atoms with Gasteiger partial charge in [0.1, 0.15) is 34.2 Å². The number of carbonyl (C=O) groups is 1. The first kappa shape index (κ1) is 47.5. The van der Waals surface area contributed by atoms with Gasteiger partial charge in [0.25, 0.3) is 12.4 Å². The molecule has 1 aliphatic heterocycles. The minimum Gasteiger partial charge on any atom is -0.481 e. The Morgan fingerprint density at radius 2 is 1.13 bits per heavy atom. The van der Waals surface area contributed by atoms with Crippen LogP contribution in [0.3, 0.4) is 0 Å². The number of carboxylic acids is 1. The zero-order valence-corrected chi connectivity index (χ0v) is 39.0. The third-order valence-corrected chi connectivity index (χ3v) is 10.5. The third-order valence-electron chi connectivity index (χ3n) is 10.3. The maximum absolute atomic E-state index is 9.40. The number of benzene rings is 3. The highest BCUT2D eigenvalue weighted by Crippen LogP contribution is 2.35. The fourth-order valence-corrected chi connectivity index (χ4v) is 6.42. The van der Waals surface area contributed by atoms with E-state index in [1.807, 2.05) is 63.4 Å². The molecule has 3 saturated carbocycles. The molecule has 1 atom stereocenters. The van der Waals surface area contributed by atoms with Gasteiger partial charge in [-0.1, -0.05) is 0 Å². The van der Waals surface area contributed by atoms with Crippen molar-refractivity contribution in [2.45, 2.75) is 90.8 Å². The number of nitrogens with zero attached hydrogens (tertiary/aromatic N) is 8. The lowest BCUT2D eigenvalue weighted by Gasteiger charge is -2.10. The average molecular weight is 958 g/mol. The molecule has 8 aromatic rings. The smallest absolute Gasteiger partial charge is 0.300 e. The molecule has 358 valence electrons. The van der Waals surface area contributed by atoms with Crippen molar-refractivity contribution in [3.63, 3.8) is 0 Å². The van der Waals surface area contributed by atoms with Gasteiger partial charge in [-0.2, -0.15) is 9.97 Å². The van der Waals surface area contributed by atoms with Crippen molar-refractivity contribution in [1.82, 2.24) is 39.9 Å². The number of fused-ring (bicyclic) bond motifs is 3. The number of halogens is 1. The Kier molecular flexibility index (Phi) is 14.9. The summed E-state index contributed by atoms with van der Waals surface area (Å²) >= 11 is 5.66. The topological polar surface area (TPSA) is 294 Å². The average Bonchev–Trinajstić information content (AvgIpc) is 4.29. The van der Waals surface area contributed by atoms with Gasteiger partial charge in [0.2, 0.25) is 17.2 Å². The van der Waals surface area contributed by atoms with Crippen LogP contribution in [-0.2, 0) is 4.79 Å². The number of aliphatic hydroxyl groups is 1. The Hall–Kier alpha value is -8.04. The summed E-state index contributed by atoms with van der Waals surface area (Å²) in [5.74, 6) is 3.51. The summed E-state index contributed by atoms with van der Waals surface area (Å²) in [6.45, 7) is 7.06. The van der Waals surface area contributed by atoms with Crippen molar-refractivity contribution in [3.8, 4) is 5.75 Å². The van der Waals surface area contributed by atoms with Gasteiger partial charge < -0.3 is 61.4 Å². The van der Waals surface area contributed by atoms with Crippen LogP contribution in [0.1, 0.15) is 62.1 Å². The normalized spacial score (nSPS) is 15.1. The molecule has 5 aromatic heterocycles. The van der Waals surface area contributed by atoms with Crippen LogP contribution in [-0.4, -0.2) is 80.6 Å². The summed E-state index contributed by atoms with van der Waals surface area (Å²) in [4.78, 5) is 42.7. The number of nitrogens with one attached hydrogen (secondary N) is 6. The number of oxazole rings is 2. The van der Waals surface area contributed by atoms with Gasteiger partial charge in [0.15, 0.2) is 24.0 Å². The minimum absolute atomic E-state index is 0.309. The Bertz CT molecular complexity index is 3030. The molecule has 12 rings (SSSR count). The molecule has 6 heterocycles. The molecular weight excluding hydrogens is 906 g/mol. The number of aliphatic carboxylic acids is 1. The first-order valence-corrected chi connectivity index (χ1v) is 22.5. The molecule has 22 heteroatoms. The van der Waals surface area contributed by atoms with Crippen molar-refractivity contribution < 1.29 is 28.6 Å². The predicted octanol–water partition coefficient (Wildman–Crippen LogP) is 8.94.